The fourth-order valence-electron chi connectivity index (χ4n) is 2.64. The first-order valence-electron chi connectivity index (χ1n) is 7.51. The van der Waals surface area contributed by atoms with E-state index in [2.05, 4.69) is 39.9 Å². The van der Waals surface area contributed by atoms with Gasteiger partial charge in [-0.15, -0.1) is 11.3 Å². The van der Waals surface area contributed by atoms with Crippen LogP contribution in [0.2, 0.25) is 0 Å². The summed E-state index contributed by atoms with van der Waals surface area (Å²) in [7, 11) is 0. The Morgan fingerprint density at radius 2 is 1.95 bits per heavy atom. The van der Waals surface area contributed by atoms with Crippen molar-refractivity contribution in [3.05, 3.63) is 15.6 Å². The van der Waals surface area contributed by atoms with Gasteiger partial charge in [0.05, 0.1) is 10.7 Å². The largest absolute Gasteiger partial charge is 0.309 e. The Morgan fingerprint density at radius 3 is 2.42 bits per heavy atom. The molecule has 2 aliphatic rings. The highest BCUT2D eigenvalue weighted by Crippen LogP contribution is 2.59. The Morgan fingerprint density at radius 1 is 1.32 bits per heavy atom. The van der Waals surface area contributed by atoms with Crippen molar-refractivity contribution in [2.75, 3.05) is 0 Å². The van der Waals surface area contributed by atoms with Gasteiger partial charge in [0.2, 0.25) is 0 Å². The SMILES string of the molecule is CC(C)(C)c1nc(C2CC2(C)C)sc1CNC1CC1. The number of hydrogen-bond donors (Lipinski definition) is 1. The summed E-state index contributed by atoms with van der Waals surface area (Å²) in [6.45, 7) is 12.6. The molecule has 2 aliphatic carbocycles. The first-order valence-corrected chi connectivity index (χ1v) is 8.32. The van der Waals surface area contributed by atoms with E-state index in [9.17, 15) is 0 Å². The lowest BCUT2D eigenvalue weighted by Crippen LogP contribution is -2.20. The van der Waals surface area contributed by atoms with Crippen LogP contribution in [0.3, 0.4) is 0 Å². The maximum atomic E-state index is 5.02. The van der Waals surface area contributed by atoms with Crippen LogP contribution in [0.5, 0.6) is 0 Å². The second kappa shape index (κ2) is 4.29. The molecule has 0 radical (unpaired) electrons. The van der Waals surface area contributed by atoms with E-state index in [0.717, 1.165) is 12.6 Å². The van der Waals surface area contributed by atoms with Crippen LogP contribution in [0.25, 0.3) is 0 Å². The van der Waals surface area contributed by atoms with E-state index in [4.69, 9.17) is 4.98 Å². The molecule has 0 aromatic carbocycles. The van der Waals surface area contributed by atoms with Gasteiger partial charge < -0.3 is 5.32 Å². The molecule has 0 amide bonds. The Kier molecular flexibility index (Phi) is 3.06. The van der Waals surface area contributed by atoms with Crippen LogP contribution in [0.1, 0.15) is 75.4 Å². The lowest BCUT2D eigenvalue weighted by Gasteiger charge is -2.17. The lowest BCUT2D eigenvalue weighted by molar-refractivity contribution is 0.554. The molecule has 0 spiro atoms. The Bertz CT molecular complexity index is 477. The maximum absolute atomic E-state index is 5.02. The molecule has 0 bridgehead atoms. The van der Waals surface area contributed by atoms with Crippen molar-refractivity contribution in [2.24, 2.45) is 5.41 Å². The van der Waals surface area contributed by atoms with E-state index in [1.54, 1.807) is 0 Å². The number of hydrogen-bond acceptors (Lipinski definition) is 3. The zero-order valence-electron chi connectivity index (χ0n) is 12.8. The number of nitrogens with one attached hydrogen (secondary N) is 1. The average molecular weight is 278 g/mol. The summed E-state index contributed by atoms with van der Waals surface area (Å²) in [5.41, 5.74) is 1.96. The van der Waals surface area contributed by atoms with Crippen molar-refractivity contribution >= 4 is 11.3 Å². The molecule has 0 saturated heterocycles. The summed E-state index contributed by atoms with van der Waals surface area (Å²) in [6, 6.07) is 0.774. The summed E-state index contributed by atoms with van der Waals surface area (Å²) in [5, 5.41) is 5.03. The molecule has 19 heavy (non-hydrogen) atoms. The van der Waals surface area contributed by atoms with E-state index in [1.165, 1.54) is 34.8 Å². The van der Waals surface area contributed by atoms with E-state index in [-0.39, 0.29) is 5.41 Å². The van der Waals surface area contributed by atoms with Gasteiger partial charge in [-0.1, -0.05) is 34.6 Å². The first-order chi connectivity index (χ1) is 8.77. The first kappa shape index (κ1) is 13.6. The Balaban J connectivity index is 1.82. The number of nitrogens with zero attached hydrogens (tertiary/aromatic N) is 1. The van der Waals surface area contributed by atoms with Gasteiger partial charge in [-0.25, -0.2) is 4.98 Å². The summed E-state index contributed by atoms with van der Waals surface area (Å²) >= 11 is 1.96. The van der Waals surface area contributed by atoms with E-state index >= 15 is 0 Å². The van der Waals surface area contributed by atoms with Crippen LogP contribution < -0.4 is 5.32 Å². The number of rotatable bonds is 4. The molecule has 3 rings (SSSR count). The van der Waals surface area contributed by atoms with Gasteiger partial charge in [0.1, 0.15) is 0 Å². The highest BCUT2D eigenvalue weighted by Gasteiger charge is 2.49. The molecule has 1 aromatic rings. The fourth-order valence-corrected chi connectivity index (χ4v) is 4.18. The van der Waals surface area contributed by atoms with Crippen molar-refractivity contribution in [2.45, 2.75) is 77.8 Å². The van der Waals surface area contributed by atoms with Crippen LogP contribution in [0.4, 0.5) is 0 Å². The summed E-state index contributed by atoms with van der Waals surface area (Å²) < 4.78 is 0. The topological polar surface area (TPSA) is 24.9 Å². The smallest absolute Gasteiger partial charge is 0.0968 e. The normalized spacial score (nSPS) is 25.6. The molecule has 1 heterocycles. The second-order valence-electron chi connectivity index (χ2n) is 7.97. The van der Waals surface area contributed by atoms with E-state index in [1.807, 2.05) is 11.3 Å². The van der Waals surface area contributed by atoms with Crippen molar-refractivity contribution < 1.29 is 0 Å². The third-order valence-corrected chi connectivity index (χ3v) is 5.53. The standard InChI is InChI=1S/C16H26N2S/c1-15(2,3)13-12(9-17-10-6-7-10)19-14(18-13)11-8-16(11,4)5/h10-11,17H,6-9H2,1-5H3. The summed E-state index contributed by atoms with van der Waals surface area (Å²) in [6.07, 6.45) is 4.01. The van der Waals surface area contributed by atoms with E-state index < -0.39 is 0 Å². The minimum Gasteiger partial charge on any atom is -0.309 e. The van der Waals surface area contributed by atoms with Gasteiger partial charge in [-0.05, 0) is 24.7 Å². The van der Waals surface area contributed by atoms with Crippen molar-refractivity contribution in [3.8, 4) is 0 Å². The van der Waals surface area contributed by atoms with Crippen LogP contribution in [-0.4, -0.2) is 11.0 Å². The number of thiazole rings is 1. The summed E-state index contributed by atoms with van der Waals surface area (Å²) in [5.74, 6) is 0.702. The van der Waals surface area contributed by atoms with Gasteiger partial charge in [0, 0.05) is 28.8 Å². The van der Waals surface area contributed by atoms with Crippen molar-refractivity contribution in [1.29, 1.82) is 0 Å². The minimum atomic E-state index is 0.161. The minimum absolute atomic E-state index is 0.161. The highest BCUT2D eigenvalue weighted by atomic mass is 32.1. The molecule has 0 aliphatic heterocycles. The zero-order valence-corrected chi connectivity index (χ0v) is 13.7. The third-order valence-electron chi connectivity index (χ3n) is 4.36. The van der Waals surface area contributed by atoms with Crippen LogP contribution in [-0.2, 0) is 12.0 Å². The lowest BCUT2D eigenvalue weighted by atomic mass is 9.91. The molecule has 3 heteroatoms. The molecule has 1 N–H and O–H groups in total. The second-order valence-corrected chi connectivity index (χ2v) is 9.09. The summed E-state index contributed by atoms with van der Waals surface area (Å²) in [4.78, 5) is 6.49. The van der Waals surface area contributed by atoms with E-state index in [0.29, 0.717) is 11.3 Å². The van der Waals surface area contributed by atoms with Crippen LogP contribution in [0, 0.1) is 5.41 Å². The number of aromatic nitrogens is 1. The zero-order chi connectivity index (χ0) is 13.8. The fraction of sp³-hybridized carbons (Fsp3) is 0.812. The molecule has 1 aromatic heterocycles. The monoisotopic (exact) mass is 278 g/mol. The molecule has 106 valence electrons. The Labute approximate surface area is 121 Å². The van der Waals surface area contributed by atoms with Gasteiger partial charge >= 0.3 is 0 Å². The molecule has 2 saturated carbocycles. The third kappa shape index (κ3) is 2.87. The molecular formula is C16H26N2S. The quantitative estimate of drug-likeness (QED) is 0.892. The predicted molar refractivity (Wildman–Crippen MR) is 81.8 cm³/mol. The van der Waals surface area contributed by atoms with Crippen LogP contribution >= 0.6 is 11.3 Å². The Hall–Kier alpha value is -0.410. The van der Waals surface area contributed by atoms with Gasteiger partial charge in [-0.3, -0.25) is 0 Å². The molecule has 2 fully saturated rings. The molecule has 1 unspecified atom stereocenters. The van der Waals surface area contributed by atoms with Gasteiger partial charge in [-0.2, -0.15) is 0 Å². The van der Waals surface area contributed by atoms with Crippen molar-refractivity contribution in [1.82, 2.24) is 10.3 Å². The molecule has 1 atom stereocenters. The maximum Gasteiger partial charge on any atom is 0.0968 e. The molecular weight excluding hydrogens is 252 g/mol. The van der Waals surface area contributed by atoms with Gasteiger partial charge in [0.25, 0.3) is 0 Å². The van der Waals surface area contributed by atoms with Crippen LogP contribution in [0.15, 0.2) is 0 Å². The van der Waals surface area contributed by atoms with Crippen molar-refractivity contribution in [3.63, 3.8) is 0 Å². The highest BCUT2D eigenvalue weighted by molar-refractivity contribution is 7.11. The average Bonchev–Trinajstić information content (AvgIpc) is 3.15. The predicted octanol–water partition coefficient (Wildman–Crippen LogP) is 4.21. The molecule has 2 nitrogen and oxygen atoms in total. The van der Waals surface area contributed by atoms with Gasteiger partial charge in [0.15, 0.2) is 0 Å².